The fraction of sp³-hybridized carbons (Fsp3) is 0.278. The Kier molecular flexibility index (Phi) is 4.18. The summed E-state index contributed by atoms with van der Waals surface area (Å²) >= 11 is 5.93. The van der Waals surface area contributed by atoms with Crippen LogP contribution in [0.3, 0.4) is 0 Å². The number of carbonyl (C=O) groups excluding carboxylic acids is 1. The van der Waals surface area contributed by atoms with Gasteiger partial charge in [0, 0.05) is 10.6 Å². The standard InChI is InChI=1S/C18H18ClNO3/c1-22-15-8-3-12(11-16(15)23-2)17(21)20-18(9-10-18)13-4-6-14(19)7-5-13/h3-8,11H,9-10H2,1-2H3,(H,20,21). The Balaban J connectivity index is 1.80. The Morgan fingerprint density at radius 1 is 1.04 bits per heavy atom. The molecule has 1 saturated carbocycles. The number of hydrogen-bond acceptors (Lipinski definition) is 3. The molecule has 1 aliphatic carbocycles. The molecule has 1 aliphatic rings. The molecule has 0 aromatic heterocycles. The number of hydrogen-bond donors (Lipinski definition) is 1. The van der Waals surface area contributed by atoms with Crippen molar-refractivity contribution in [3.8, 4) is 11.5 Å². The lowest BCUT2D eigenvalue weighted by Gasteiger charge is -2.18. The third-order valence-electron chi connectivity index (χ3n) is 4.15. The third-order valence-corrected chi connectivity index (χ3v) is 4.40. The van der Waals surface area contributed by atoms with E-state index in [-0.39, 0.29) is 11.4 Å². The molecule has 2 aromatic rings. The van der Waals surface area contributed by atoms with Crippen molar-refractivity contribution in [2.24, 2.45) is 0 Å². The molecule has 5 heteroatoms. The van der Waals surface area contributed by atoms with E-state index in [1.54, 1.807) is 32.4 Å². The van der Waals surface area contributed by atoms with Gasteiger partial charge in [-0.05, 0) is 48.7 Å². The molecule has 23 heavy (non-hydrogen) atoms. The quantitative estimate of drug-likeness (QED) is 0.907. The smallest absolute Gasteiger partial charge is 0.252 e. The van der Waals surface area contributed by atoms with Gasteiger partial charge in [-0.25, -0.2) is 0 Å². The first-order chi connectivity index (χ1) is 11.1. The molecule has 120 valence electrons. The van der Waals surface area contributed by atoms with Gasteiger partial charge in [-0.2, -0.15) is 0 Å². The van der Waals surface area contributed by atoms with E-state index in [2.05, 4.69) is 5.32 Å². The van der Waals surface area contributed by atoms with Crippen LogP contribution in [-0.4, -0.2) is 20.1 Å². The number of halogens is 1. The van der Waals surface area contributed by atoms with E-state index in [4.69, 9.17) is 21.1 Å². The first kappa shape index (κ1) is 15.7. The van der Waals surface area contributed by atoms with Crippen LogP contribution in [0.25, 0.3) is 0 Å². The second kappa shape index (κ2) is 6.13. The zero-order chi connectivity index (χ0) is 16.4. The van der Waals surface area contributed by atoms with Gasteiger partial charge in [0.15, 0.2) is 11.5 Å². The summed E-state index contributed by atoms with van der Waals surface area (Å²) in [6.45, 7) is 0. The number of ether oxygens (including phenoxy) is 2. The van der Waals surface area contributed by atoms with Crippen molar-refractivity contribution >= 4 is 17.5 Å². The van der Waals surface area contributed by atoms with Crippen LogP contribution in [0.4, 0.5) is 0 Å². The predicted octanol–water partition coefficient (Wildman–Crippen LogP) is 3.78. The van der Waals surface area contributed by atoms with Crippen LogP contribution >= 0.6 is 11.6 Å². The van der Waals surface area contributed by atoms with E-state index in [1.165, 1.54) is 0 Å². The van der Waals surface area contributed by atoms with E-state index in [0.29, 0.717) is 22.1 Å². The van der Waals surface area contributed by atoms with Crippen molar-refractivity contribution in [1.29, 1.82) is 0 Å². The molecule has 0 unspecified atom stereocenters. The Bertz CT molecular complexity index is 724. The molecule has 0 aliphatic heterocycles. The zero-order valence-corrected chi connectivity index (χ0v) is 13.8. The third kappa shape index (κ3) is 3.13. The molecular formula is C18H18ClNO3. The Morgan fingerprint density at radius 2 is 1.70 bits per heavy atom. The average Bonchev–Trinajstić information content (AvgIpc) is 3.35. The van der Waals surface area contributed by atoms with Crippen molar-refractivity contribution in [2.45, 2.75) is 18.4 Å². The monoisotopic (exact) mass is 331 g/mol. The van der Waals surface area contributed by atoms with Gasteiger partial charge >= 0.3 is 0 Å². The highest BCUT2D eigenvalue weighted by atomic mass is 35.5. The molecule has 0 spiro atoms. The van der Waals surface area contributed by atoms with Crippen LogP contribution < -0.4 is 14.8 Å². The molecule has 1 amide bonds. The highest BCUT2D eigenvalue weighted by molar-refractivity contribution is 6.30. The number of nitrogens with one attached hydrogen (secondary N) is 1. The highest BCUT2D eigenvalue weighted by Gasteiger charge is 2.45. The fourth-order valence-corrected chi connectivity index (χ4v) is 2.77. The van der Waals surface area contributed by atoms with E-state index >= 15 is 0 Å². The lowest BCUT2D eigenvalue weighted by molar-refractivity contribution is 0.0930. The van der Waals surface area contributed by atoms with Gasteiger partial charge in [-0.3, -0.25) is 4.79 Å². The number of methoxy groups -OCH3 is 2. The van der Waals surface area contributed by atoms with Gasteiger partial charge in [0.25, 0.3) is 5.91 Å². The van der Waals surface area contributed by atoms with Gasteiger partial charge in [0.2, 0.25) is 0 Å². The van der Waals surface area contributed by atoms with Gasteiger partial charge in [-0.15, -0.1) is 0 Å². The minimum Gasteiger partial charge on any atom is -0.493 e. The van der Waals surface area contributed by atoms with Gasteiger partial charge < -0.3 is 14.8 Å². The minimum absolute atomic E-state index is 0.126. The maximum absolute atomic E-state index is 12.6. The van der Waals surface area contributed by atoms with Gasteiger partial charge in [0.1, 0.15) is 0 Å². The molecule has 3 rings (SSSR count). The van der Waals surface area contributed by atoms with Crippen LogP contribution in [-0.2, 0) is 5.54 Å². The minimum atomic E-state index is -0.283. The zero-order valence-electron chi connectivity index (χ0n) is 13.1. The van der Waals surface area contributed by atoms with Crippen LogP contribution in [0.2, 0.25) is 5.02 Å². The maximum atomic E-state index is 12.6. The van der Waals surface area contributed by atoms with E-state index in [9.17, 15) is 4.79 Å². The van der Waals surface area contributed by atoms with Crippen LogP contribution in [0.1, 0.15) is 28.8 Å². The molecule has 0 heterocycles. The van der Waals surface area contributed by atoms with Crippen molar-refractivity contribution in [3.05, 3.63) is 58.6 Å². The van der Waals surface area contributed by atoms with Crippen LogP contribution in [0.15, 0.2) is 42.5 Å². The van der Waals surface area contributed by atoms with Gasteiger partial charge in [-0.1, -0.05) is 23.7 Å². The van der Waals surface area contributed by atoms with Crippen LogP contribution in [0.5, 0.6) is 11.5 Å². The molecule has 1 fully saturated rings. The fourth-order valence-electron chi connectivity index (χ4n) is 2.65. The normalized spacial score (nSPS) is 14.9. The summed E-state index contributed by atoms with van der Waals surface area (Å²) in [5.74, 6) is 1.01. The molecule has 4 nitrogen and oxygen atoms in total. The first-order valence-electron chi connectivity index (χ1n) is 7.38. The molecule has 0 saturated heterocycles. The summed E-state index contributed by atoms with van der Waals surface area (Å²) in [5.41, 5.74) is 1.34. The lowest BCUT2D eigenvalue weighted by Crippen LogP contribution is -2.34. The second-order valence-electron chi connectivity index (χ2n) is 5.61. The Hall–Kier alpha value is -2.20. The SMILES string of the molecule is COc1ccc(C(=O)NC2(c3ccc(Cl)cc3)CC2)cc1OC. The summed E-state index contributed by atoms with van der Waals surface area (Å²) in [6.07, 6.45) is 1.85. The largest absolute Gasteiger partial charge is 0.493 e. The molecule has 0 atom stereocenters. The van der Waals surface area contributed by atoms with Crippen molar-refractivity contribution in [1.82, 2.24) is 5.32 Å². The van der Waals surface area contributed by atoms with Crippen LogP contribution in [0, 0.1) is 0 Å². The number of rotatable bonds is 5. The summed E-state index contributed by atoms with van der Waals surface area (Å²) in [5, 5.41) is 3.82. The molecule has 2 aromatic carbocycles. The average molecular weight is 332 g/mol. The predicted molar refractivity (Wildman–Crippen MR) is 89.4 cm³/mol. The molecule has 0 bridgehead atoms. The van der Waals surface area contributed by atoms with Crippen molar-refractivity contribution in [2.75, 3.05) is 14.2 Å². The first-order valence-corrected chi connectivity index (χ1v) is 7.76. The molecular weight excluding hydrogens is 314 g/mol. The molecule has 0 radical (unpaired) electrons. The maximum Gasteiger partial charge on any atom is 0.252 e. The van der Waals surface area contributed by atoms with E-state index in [1.807, 2.05) is 24.3 Å². The van der Waals surface area contributed by atoms with E-state index < -0.39 is 0 Å². The summed E-state index contributed by atoms with van der Waals surface area (Å²) in [4.78, 5) is 12.6. The van der Waals surface area contributed by atoms with Gasteiger partial charge in [0.05, 0.1) is 19.8 Å². The summed E-state index contributed by atoms with van der Waals surface area (Å²) in [7, 11) is 3.12. The number of amides is 1. The topological polar surface area (TPSA) is 47.6 Å². The molecule has 1 N–H and O–H groups in total. The summed E-state index contributed by atoms with van der Waals surface area (Å²) < 4.78 is 10.4. The number of benzene rings is 2. The van der Waals surface area contributed by atoms with Crippen molar-refractivity contribution < 1.29 is 14.3 Å². The highest BCUT2D eigenvalue weighted by Crippen LogP contribution is 2.46. The second-order valence-corrected chi connectivity index (χ2v) is 6.05. The summed E-state index contributed by atoms with van der Waals surface area (Å²) in [6, 6.07) is 12.8. The lowest BCUT2D eigenvalue weighted by atomic mass is 10.0. The van der Waals surface area contributed by atoms with E-state index in [0.717, 1.165) is 18.4 Å². The Morgan fingerprint density at radius 3 is 2.26 bits per heavy atom. The Labute approximate surface area is 140 Å². The number of carbonyl (C=O) groups is 1. The van der Waals surface area contributed by atoms with Crippen molar-refractivity contribution in [3.63, 3.8) is 0 Å².